The molecule has 1 aliphatic heterocycles. The molecule has 100 valence electrons. The number of hydrogen-bond acceptors (Lipinski definition) is 3. The Kier molecular flexibility index (Phi) is 3.20. The summed E-state index contributed by atoms with van der Waals surface area (Å²) >= 11 is 0. The van der Waals surface area contributed by atoms with Gasteiger partial charge in [0.05, 0.1) is 12.8 Å². The second-order valence-corrected chi connectivity index (χ2v) is 5.07. The van der Waals surface area contributed by atoms with E-state index >= 15 is 0 Å². The number of rotatable bonds is 2. The Hall–Kier alpha value is -1.90. The Balaban J connectivity index is 2.16. The molecular formula is C16H19NO2. The first-order chi connectivity index (χ1) is 9.29. The largest absolute Gasteiger partial charge is 0.506 e. The lowest BCUT2D eigenvalue weighted by atomic mass is 10.0. The molecule has 0 radical (unpaired) electrons. The lowest BCUT2D eigenvalue weighted by Crippen LogP contribution is -2.29. The van der Waals surface area contributed by atoms with Gasteiger partial charge in [-0.2, -0.15) is 0 Å². The molecule has 2 aromatic rings. The van der Waals surface area contributed by atoms with Crippen LogP contribution in [0.4, 0.5) is 5.69 Å². The van der Waals surface area contributed by atoms with Crippen LogP contribution in [0.2, 0.25) is 0 Å². The lowest BCUT2D eigenvalue weighted by molar-refractivity contribution is 0.415. The summed E-state index contributed by atoms with van der Waals surface area (Å²) in [6.45, 7) is 2.04. The fourth-order valence-corrected chi connectivity index (χ4v) is 2.85. The number of piperidine rings is 1. The van der Waals surface area contributed by atoms with Gasteiger partial charge in [0.2, 0.25) is 0 Å². The molecule has 1 heterocycles. The third-order valence-electron chi connectivity index (χ3n) is 3.85. The number of ether oxygens (including phenoxy) is 1. The Bertz CT molecular complexity index is 589. The second kappa shape index (κ2) is 5.00. The van der Waals surface area contributed by atoms with Crippen molar-refractivity contribution in [2.75, 3.05) is 25.1 Å². The van der Waals surface area contributed by atoms with Crippen LogP contribution in [0.25, 0.3) is 10.8 Å². The summed E-state index contributed by atoms with van der Waals surface area (Å²) in [5.74, 6) is 1.19. The second-order valence-electron chi connectivity index (χ2n) is 5.07. The van der Waals surface area contributed by atoms with E-state index in [1.807, 2.05) is 24.3 Å². The van der Waals surface area contributed by atoms with Gasteiger partial charge < -0.3 is 14.7 Å². The van der Waals surface area contributed by atoms with Crippen LogP contribution in [0.1, 0.15) is 19.3 Å². The lowest BCUT2D eigenvalue weighted by Gasteiger charge is -2.30. The first kappa shape index (κ1) is 12.2. The highest BCUT2D eigenvalue weighted by Gasteiger charge is 2.17. The molecule has 19 heavy (non-hydrogen) atoms. The molecule has 0 aromatic heterocycles. The van der Waals surface area contributed by atoms with Crippen molar-refractivity contribution in [3.05, 3.63) is 30.3 Å². The SMILES string of the molecule is COc1ccc2ccc(O)c(N3CCCCC3)c2c1. The van der Waals surface area contributed by atoms with Crippen molar-refractivity contribution >= 4 is 16.5 Å². The topological polar surface area (TPSA) is 32.7 Å². The average Bonchev–Trinajstić information content (AvgIpc) is 2.47. The van der Waals surface area contributed by atoms with E-state index in [1.165, 1.54) is 19.3 Å². The van der Waals surface area contributed by atoms with Crippen LogP contribution in [-0.4, -0.2) is 25.3 Å². The van der Waals surface area contributed by atoms with Crippen molar-refractivity contribution in [1.29, 1.82) is 0 Å². The summed E-state index contributed by atoms with van der Waals surface area (Å²) in [6, 6.07) is 9.76. The number of aromatic hydroxyl groups is 1. The number of anilines is 1. The number of benzene rings is 2. The fraction of sp³-hybridized carbons (Fsp3) is 0.375. The summed E-state index contributed by atoms with van der Waals surface area (Å²) in [5, 5.41) is 12.5. The molecular weight excluding hydrogens is 238 g/mol. The number of methoxy groups -OCH3 is 1. The van der Waals surface area contributed by atoms with Gasteiger partial charge in [-0.1, -0.05) is 12.1 Å². The molecule has 0 saturated carbocycles. The Morgan fingerprint density at radius 1 is 1.05 bits per heavy atom. The fourth-order valence-electron chi connectivity index (χ4n) is 2.85. The van der Waals surface area contributed by atoms with Crippen molar-refractivity contribution < 1.29 is 9.84 Å². The first-order valence-electron chi connectivity index (χ1n) is 6.84. The van der Waals surface area contributed by atoms with E-state index in [0.29, 0.717) is 5.75 Å². The van der Waals surface area contributed by atoms with Gasteiger partial charge in [-0.3, -0.25) is 0 Å². The third-order valence-corrected chi connectivity index (χ3v) is 3.85. The smallest absolute Gasteiger partial charge is 0.139 e. The molecule has 3 nitrogen and oxygen atoms in total. The summed E-state index contributed by atoms with van der Waals surface area (Å²) < 4.78 is 5.30. The van der Waals surface area contributed by atoms with Gasteiger partial charge in [-0.05, 0) is 42.8 Å². The van der Waals surface area contributed by atoms with Crippen LogP contribution >= 0.6 is 0 Å². The molecule has 1 N–H and O–H groups in total. The van der Waals surface area contributed by atoms with E-state index in [-0.39, 0.29) is 0 Å². The zero-order chi connectivity index (χ0) is 13.2. The van der Waals surface area contributed by atoms with Crippen LogP contribution < -0.4 is 9.64 Å². The van der Waals surface area contributed by atoms with E-state index in [4.69, 9.17) is 4.74 Å². The predicted octanol–water partition coefficient (Wildman–Crippen LogP) is 3.54. The van der Waals surface area contributed by atoms with Crippen LogP contribution in [0.5, 0.6) is 11.5 Å². The van der Waals surface area contributed by atoms with Crippen molar-refractivity contribution in [3.8, 4) is 11.5 Å². The standard InChI is InChI=1S/C16H19NO2/c1-19-13-7-5-12-6-8-15(18)16(14(12)11-13)17-9-3-2-4-10-17/h5-8,11,18H,2-4,9-10H2,1H3. The summed E-state index contributed by atoms with van der Waals surface area (Å²) in [6.07, 6.45) is 3.67. The van der Waals surface area contributed by atoms with Crippen LogP contribution in [0.3, 0.4) is 0 Å². The number of fused-ring (bicyclic) bond motifs is 1. The minimum atomic E-state index is 0.364. The molecule has 0 spiro atoms. The number of hydrogen-bond donors (Lipinski definition) is 1. The van der Waals surface area contributed by atoms with Crippen molar-refractivity contribution in [2.24, 2.45) is 0 Å². The molecule has 0 amide bonds. The molecule has 1 saturated heterocycles. The van der Waals surface area contributed by atoms with Gasteiger partial charge in [0.1, 0.15) is 11.5 Å². The Labute approximate surface area is 113 Å². The molecule has 3 rings (SSSR count). The summed E-state index contributed by atoms with van der Waals surface area (Å²) in [4.78, 5) is 2.29. The molecule has 1 fully saturated rings. The van der Waals surface area contributed by atoms with Gasteiger partial charge in [0, 0.05) is 18.5 Å². The zero-order valence-corrected chi connectivity index (χ0v) is 11.2. The highest BCUT2D eigenvalue weighted by molar-refractivity contribution is 5.98. The maximum atomic E-state index is 10.2. The molecule has 2 aromatic carbocycles. The highest BCUT2D eigenvalue weighted by atomic mass is 16.5. The number of phenolic OH excluding ortho intramolecular Hbond substituents is 1. The molecule has 0 bridgehead atoms. The van der Waals surface area contributed by atoms with Gasteiger partial charge >= 0.3 is 0 Å². The van der Waals surface area contributed by atoms with Crippen LogP contribution in [-0.2, 0) is 0 Å². The van der Waals surface area contributed by atoms with E-state index in [1.54, 1.807) is 13.2 Å². The molecule has 0 unspecified atom stereocenters. The Morgan fingerprint density at radius 2 is 1.79 bits per heavy atom. The number of phenols is 1. The van der Waals surface area contributed by atoms with E-state index in [0.717, 1.165) is 35.3 Å². The number of nitrogens with zero attached hydrogens (tertiary/aromatic N) is 1. The molecule has 0 atom stereocenters. The van der Waals surface area contributed by atoms with Gasteiger partial charge in [-0.25, -0.2) is 0 Å². The average molecular weight is 257 g/mol. The Morgan fingerprint density at radius 3 is 2.53 bits per heavy atom. The van der Waals surface area contributed by atoms with E-state index in [9.17, 15) is 5.11 Å². The minimum absolute atomic E-state index is 0.364. The monoisotopic (exact) mass is 257 g/mol. The normalized spacial score (nSPS) is 15.7. The first-order valence-corrected chi connectivity index (χ1v) is 6.84. The van der Waals surface area contributed by atoms with E-state index in [2.05, 4.69) is 4.90 Å². The molecule has 3 heteroatoms. The van der Waals surface area contributed by atoms with Crippen LogP contribution in [0.15, 0.2) is 30.3 Å². The van der Waals surface area contributed by atoms with E-state index < -0.39 is 0 Å². The van der Waals surface area contributed by atoms with Crippen LogP contribution in [0, 0.1) is 0 Å². The zero-order valence-electron chi connectivity index (χ0n) is 11.2. The van der Waals surface area contributed by atoms with Gasteiger partial charge in [0.25, 0.3) is 0 Å². The third kappa shape index (κ3) is 2.21. The van der Waals surface area contributed by atoms with Gasteiger partial charge in [0.15, 0.2) is 0 Å². The molecule has 1 aliphatic rings. The highest BCUT2D eigenvalue weighted by Crippen LogP contribution is 2.38. The van der Waals surface area contributed by atoms with Crippen molar-refractivity contribution in [3.63, 3.8) is 0 Å². The van der Waals surface area contributed by atoms with Crippen molar-refractivity contribution in [2.45, 2.75) is 19.3 Å². The predicted molar refractivity (Wildman–Crippen MR) is 78.2 cm³/mol. The molecule has 0 aliphatic carbocycles. The maximum Gasteiger partial charge on any atom is 0.139 e. The summed E-state index contributed by atoms with van der Waals surface area (Å²) in [5.41, 5.74) is 0.955. The quantitative estimate of drug-likeness (QED) is 0.893. The maximum absolute atomic E-state index is 10.2. The van der Waals surface area contributed by atoms with Crippen molar-refractivity contribution in [1.82, 2.24) is 0 Å². The van der Waals surface area contributed by atoms with Gasteiger partial charge in [-0.15, -0.1) is 0 Å². The minimum Gasteiger partial charge on any atom is -0.506 e. The summed E-state index contributed by atoms with van der Waals surface area (Å²) in [7, 11) is 1.67.